The van der Waals surface area contributed by atoms with Crippen LogP contribution in [0.1, 0.15) is 28.8 Å². The zero-order chi connectivity index (χ0) is 19.3. The van der Waals surface area contributed by atoms with Crippen LogP contribution in [0.3, 0.4) is 0 Å². The summed E-state index contributed by atoms with van der Waals surface area (Å²) in [5.74, 6) is -0.246. The SMILES string of the molecule is O=C(NC1CCN(Cc2ccc(F)cc2)CC1)c1cccc(-c2cn[nH]c2)c1. The highest BCUT2D eigenvalue weighted by Crippen LogP contribution is 2.20. The third-order valence-corrected chi connectivity index (χ3v) is 5.20. The van der Waals surface area contributed by atoms with Crippen LogP contribution in [0.5, 0.6) is 0 Å². The molecule has 2 aromatic carbocycles. The van der Waals surface area contributed by atoms with Gasteiger partial charge in [-0.15, -0.1) is 0 Å². The fourth-order valence-electron chi connectivity index (χ4n) is 3.60. The zero-order valence-electron chi connectivity index (χ0n) is 15.6. The first-order valence-electron chi connectivity index (χ1n) is 9.54. The molecule has 3 aromatic rings. The lowest BCUT2D eigenvalue weighted by atomic mass is 10.0. The summed E-state index contributed by atoms with van der Waals surface area (Å²) < 4.78 is 13.0. The summed E-state index contributed by atoms with van der Waals surface area (Å²) in [4.78, 5) is 15.0. The van der Waals surface area contributed by atoms with Crippen LogP contribution in [0.2, 0.25) is 0 Å². The van der Waals surface area contributed by atoms with Crippen LogP contribution < -0.4 is 5.32 Å². The first-order chi connectivity index (χ1) is 13.7. The van der Waals surface area contributed by atoms with Crippen molar-refractivity contribution in [2.75, 3.05) is 13.1 Å². The monoisotopic (exact) mass is 378 g/mol. The van der Waals surface area contributed by atoms with Crippen LogP contribution in [0.4, 0.5) is 4.39 Å². The fourth-order valence-corrected chi connectivity index (χ4v) is 3.60. The lowest BCUT2D eigenvalue weighted by Gasteiger charge is -2.32. The van der Waals surface area contributed by atoms with Gasteiger partial charge in [-0.1, -0.05) is 24.3 Å². The van der Waals surface area contributed by atoms with Crippen molar-refractivity contribution in [3.63, 3.8) is 0 Å². The number of nitrogens with one attached hydrogen (secondary N) is 2. The molecular weight excluding hydrogens is 355 g/mol. The van der Waals surface area contributed by atoms with Gasteiger partial charge in [0.2, 0.25) is 0 Å². The number of H-pyrrole nitrogens is 1. The first kappa shape index (κ1) is 18.4. The second kappa shape index (κ2) is 8.35. The van der Waals surface area contributed by atoms with E-state index in [9.17, 15) is 9.18 Å². The average Bonchev–Trinajstić information content (AvgIpc) is 3.26. The molecule has 1 amide bonds. The molecule has 1 aromatic heterocycles. The number of amides is 1. The molecule has 2 N–H and O–H groups in total. The predicted molar refractivity (Wildman–Crippen MR) is 106 cm³/mol. The van der Waals surface area contributed by atoms with Gasteiger partial charge >= 0.3 is 0 Å². The van der Waals surface area contributed by atoms with E-state index < -0.39 is 0 Å². The number of hydrogen-bond acceptors (Lipinski definition) is 3. The summed E-state index contributed by atoms with van der Waals surface area (Å²) in [6, 6.07) is 14.4. The third kappa shape index (κ3) is 4.46. The van der Waals surface area contributed by atoms with Crippen molar-refractivity contribution >= 4 is 5.91 Å². The lowest BCUT2D eigenvalue weighted by Crippen LogP contribution is -2.44. The number of rotatable bonds is 5. The Morgan fingerprint density at radius 1 is 1.14 bits per heavy atom. The van der Waals surface area contributed by atoms with Crippen molar-refractivity contribution in [2.24, 2.45) is 0 Å². The highest BCUT2D eigenvalue weighted by atomic mass is 19.1. The molecule has 1 aliphatic heterocycles. The largest absolute Gasteiger partial charge is 0.349 e. The second-order valence-corrected chi connectivity index (χ2v) is 7.22. The van der Waals surface area contributed by atoms with Crippen LogP contribution in [-0.2, 0) is 6.54 Å². The quantitative estimate of drug-likeness (QED) is 0.713. The summed E-state index contributed by atoms with van der Waals surface area (Å²) >= 11 is 0. The Morgan fingerprint density at radius 2 is 1.93 bits per heavy atom. The molecule has 5 nitrogen and oxygen atoms in total. The van der Waals surface area contributed by atoms with Crippen LogP contribution in [-0.4, -0.2) is 40.1 Å². The lowest BCUT2D eigenvalue weighted by molar-refractivity contribution is 0.0909. The Kier molecular flexibility index (Phi) is 5.48. The van der Waals surface area contributed by atoms with Gasteiger partial charge in [-0.3, -0.25) is 14.8 Å². The Labute approximate surface area is 163 Å². The van der Waals surface area contributed by atoms with Gasteiger partial charge in [-0.25, -0.2) is 4.39 Å². The zero-order valence-corrected chi connectivity index (χ0v) is 15.6. The third-order valence-electron chi connectivity index (χ3n) is 5.20. The number of carbonyl (C=O) groups excluding carboxylic acids is 1. The Balaban J connectivity index is 1.30. The number of halogens is 1. The van der Waals surface area contributed by atoms with Gasteiger partial charge in [0.1, 0.15) is 5.82 Å². The van der Waals surface area contributed by atoms with E-state index in [4.69, 9.17) is 0 Å². The minimum absolute atomic E-state index is 0.0395. The van der Waals surface area contributed by atoms with E-state index in [1.54, 1.807) is 6.20 Å². The molecule has 0 radical (unpaired) electrons. The van der Waals surface area contributed by atoms with Crippen LogP contribution in [0.15, 0.2) is 60.9 Å². The molecule has 0 bridgehead atoms. The molecular formula is C22H23FN4O. The van der Waals surface area contributed by atoms with E-state index in [2.05, 4.69) is 20.4 Å². The number of nitrogens with zero attached hydrogens (tertiary/aromatic N) is 2. The van der Waals surface area contributed by atoms with E-state index in [0.29, 0.717) is 5.56 Å². The molecule has 4 rings (SSSR count). The van der Waals surface area contributed by atoms with Gasteiger partial charge in [-0.2, -0.15) is 5.10 Å². The van der Waals surface area contributed by atoms with Gasteiger partial charge in [0.25, 0.3) is 5.91 Å². The highest BCUT2D eigenvalue weighted by molar-refractivity contribution is 5.95. The summed E-state index contributed by atoms with van der Waals surface area (Å²) in [7, 11) is 0. The van der Waals surface area contributed by atoms with Crippen molar-refractivity contribution in [3.8, 4) is 11.1 Å². The molecule has 1 aliphatic rings. The van der Waals surface area contributed by atoms with Crippen molar-refractivity contribution in [1.82, 2.24) is 20.4 Å². The Morgan fingerprint density at radius 3 is 2.64 bits per heavy atom. The molecule has 0 aliphatic carbocycles. The fraction of sp³-hybridized carbons (Fsp3) is 0.273. The van der Waals surface area contributed by atoms with Crippen molar-refractivity contribution in [1.29, 1.82) is 0 Å². The number of aromatic nitrogens is 2. The maximum atomic E-state index is 13.0. The van der Waals surface area contributed by atoms with E-state index in [0.717, 1.165) is 49.2 Å². The maximum absolute atomic E-state index is 13.0. The molecule has 1 fully saturated rings. The van der Waals surface area contributed by atoms with Crippen molar-refractivity contribution in [2.45, 2.75) is 25.4 Å². The molecule has 1 saturated heterocycles. The number of aromatic amines is 1. The molecule has 0 spiro atoms. The smallest absolute Gasteiger partial charge is 0.251 e. The van der Waals surface area contributed by atoms with E-state index in [1.807, 2.05) is 42.6 Å². The molecule has 28 heavy (non-hydrogen) atoms. The Hall–Kier alpha value is -2.99. The number of hydrogen-bond donors (Lipinski definition) is 2. The summed E-state index contributed by atoms with van der Waals surface area (Å²) in [6.45, 7) is 2.64. The normalized spacial score (nSPS) is 15.5. The number of likely N-dealkylation sites (tertiary alicyclic amines) is 1. The summed E-state index contributed by atoms with van der Waals surface area (Å²) in [5, 5.41) is 9.91. The van der Waals surface area contributed by atoms with E-state index in [-0.39, 0.29) is 17.8 Å². The van der Waals surface area contributed by atoms with E-state index >= 15 is 0 Å². The van der Waals surface area contributed by atoms with Crippen LogP contribution in [0.25, 0.3) is 11.1 Å². The topological polar surface area (TPSA) is 61.0 Å². The van der Waals surface area contributed by atoms with Crippen molar-refractivity contribution < 1.29 is 9.18 Å². The summed E-state index contributed by atoms with van der Waals surface area (Å²) in [6.07, 6.45) is 5.38. The second-order valence-electron chi connectivity index (χ2n) is 7.22. The van der Waals surface area contributed by atoms with Crippen LogP contribution >= 0.6 is 0 Å². The van der Waals surface area contributed by atoms with Gasteiger partial charge in [-0.05, 0) is 48.2 Å². The molecule has 0 atom stereocenters. The minimum atomic E-state index is -0.206. The summed E-state index contributed by atoms with van der Waals surface area (Å²) in [5.41, 5.74) is 3.70. The molecule has 0 unspecified atom stereocenters. The molecule has 0 saturated carbocycles. The predicted octanol–water partition coefficient (Wildman–Crippen LogP) is 3.61. The van der Waals surface area contributed by atoms with Gasteiger partial charge < -0.3 is 5.32 Å². The van der Waals surface area contributed by atoms with Crippen LogP contribution in [0, 0.1) is 5.82 Å². The number of piperidine rings is 1. The van der Waals surface area contributed by atoms with Gasteiger partial charge in [0, 0.05) is 43.0 Å². The number of carbonyl (C=O) groups is 1. The maximum Gasteiger partial charge on any atom is 0.251 e. The standard InChI is InChI=1S/C22H23FN4O/c23-20-6-4-16(5-7-20)15-27-10-8-21(9-11-27)26-22(28)18-3-1-2-17(12-18)19-13-24-25-14-19/h1-7,12-14,21H,8-11,15H2,(H,24,25)(H,26,28). The molecule has 6 heteroatoms. The minimum Gasteiger partial charge on any atom is -0.349 e. The van der Waals surface area contributed by atoms with Gasteiger partial charge in [0.05, 0.1) is 6.20 Å². The van der Waals surface area contributed by atoms with E-state index in [1.165, 1.54) is 12.1 Å². The first-order valence-corrected chi connectivity index (χ1v) is 9.54. The molecule has 2 heterocycles. The highest BCUT2D eigenvalue weighted by Gasteiger charge is 2.21. The Bertz CT molecular complexity index is 916. The number of benzene rings is 2. The van der Waals surface area contributed by atoms with Gasteiger partial charge in [0.15, 0.2) is 0 Å². The molecule has 144 valence electrons. The van der Waals surface area contributed by atoms with Crippen molar-refractivity contribution in [3.05, 3.63) is 77.9 Å². The average molecular weight is 378 g/mol.